The number of nitrogens with zero attached hydrogens (tertiary/aromatic N) is 3. The van der Waals surface area contributed by atoms with Crippen LogP contribution >= 0.6 is 0 Å². The molecule has 1 saturated heterocycles. The first kappa shape index (κ1) is 17.9. The maximum atomic E-state index is 13.8. The van der Waals surface area contributed by atoms with Gasteiger partial charge >= 0.3 is 0 Å². The van der Waals surface area contributed by atoms with E-state index in [2.05, 4.69) is 0 Å². The molecule has 2 aromatic carbocycles. The molecule has 1 aliphatic rings. The highest BCUT2D eigenvalue weighted by Gasteiger charge is 2.26. The van der Waals surface area contributed by atoms with Crippen LogP contribution in [0.3, 0.4) is 0 Å². The van der Waals surface area contributed by atoms with E-state index in [4.69, 9.17) is 0 Å². The Hall–Kier alpha value is -2.89. The van der Waals surface area contributed by atoms with Gasteiger partial charge < -0.3 is 14.7 Å². The molecule has 0 saturated carbocycles. The van der Waals surface area contributed by atoms with Gasteiger partial charge in [0.2, 0.25) is 0 Å². The Morgan fingerprint density at radius 2 is 1.38 bits per heavy atom. The van der Waals surface area contributed by atoms with E-state index in [0.29, 0.717) is 31.7 Å². The first-order chi connectivity index (χ1) is 12.5. The van der Waals surface area contributed by atoms with Gasteiger partial charge in [0.1, 0.15) is 5.82 Å². The van der Waals surface area contributed by atoms with Gasteiger partial charge in [-0.25, -0.2) is 4.39 Å². The minimum atomic E-state index is -0.517. The Bertz CT molecular complexity index is 797. The molecule has 26 heavy (non-hydrogen) atoms. The summed E-state index contributed by atoms with van der Waals surface area (Å²) in [5.74, 6) is -0.893. The Labute approximate surface area is 152 Å². The summed E-state index contributed by atoms with van der Waals surface area (Å²) < 4.78 is 13.8. The van der Waals surface area contributed by atoms with Crippen LogP contribution in [0.2, 0.25) is 0 Å². The zero-order valence-electron chi connectivity index (χ0n) is 15.0. The summed E-state index contributed by atoms with van der Waals surface area (Å²) in [6.45, 7) is 1.67. The van der Waals surface area contributed by atoms with E-state index in [1.165, 1.54) is 12.1 Å². The number of piperazine rings is 1. The van der Waals surface area contributed by atoms with Gasteiger partial charge in [0.05, 0.1) is 5.56 Å². The summed E-state index contributed by atoms with van der Waals surface area (Å²) >= 11 is 0. The number of carbonyl (C=O) groups excluding carboxylic acids is 2. The van der Waals surface area contributed by atoms with Crippen molar-refractivity contribution in [2.45, 2.75) is 0 Å². The van der Waals surface area contributed by atoms with Gasteiger partial charge in [0, 0.05) is 51.5 Å². The molecule has 2 aromatic rings. The number of amides is 2. The highest BCUT2D eigenvalue weighted by Crippen LogP contribution is 2.16. The number of benzene rings is 2. The molecule has 5 nitrogen and oxygen atoms in total. The van der Waals surface area contributed by atoms with Crippen LogP contribution in [-0.2, 0) is 0 Å². The van der Waals surface area contributed by atoms with Crippen molar-refractivity contribution >= 4 is 17.5 Å². The zero-order valence-corrected chi connectivity index (χ0v) is 15.0. The molecule has 6 heteroatoms. The zero-order chi connectivity index (χ0) is 18.7. The largest absolute Gasteiger partial charge is 0.378 e. The van der Waals surface area contributed by atoms with E-state index in [1.807, 2.05) is 43.3 Å². The fourth-order valence-corrected chi connectivity index (χ4v) is 3.00. The van der Waals surface area contributed by atoms with Gasteiger partial charge in [-0.1, -0.05) is 12.1 Å². The highest BCUT2D eigenvalue weighted by atomic mass is 19.1. The van der Waals surface area contributed by atoms with Crippen LogP contribution in [0.25, 0.3) is 0 Å². The van der Waals surface area contributed by atoms with Crippen molar-refractivity contribution in [3.05, 3.63) is 65.5 Å². The van der Waals surface area contributed by atoms with Crippen molar-refractivity contribution in [1.82, 2.24) is 9.80 Å². The van der Waals surface area contributed by atoms with Crippen LogP contribution < -0.4 is 4.90 Å². The minimum Gasteiger partial charge on any atom is -0.378 e. The second-order valence-corrected chi connectivity index (χ2v) is 6.51. The molecule has 0 N–H and O–H groups in total. The van der Waals surface area contributed by atoms with Crippen molar-refractivity contribution < 1.29 is 14.0 Å². The van der Waals surface area contributed by atoms with E-state index in [0.717, 1.165) is 5.69 Å². The number of halogens is 1. The predicted octanol–water partition coefficient (Wildman–Crippen LogP) is 2.49. The third kappa shape index (κ3) is 3.69. The molecule has 0 radical (unpaired) electrons. The van der Waals surface area contributed by atoms with E-state index < -0.39 is 5.82 Å². The third-order valence-electron chi connectivity index (χ3n) is 4.59. The monoisotopic (exact) mass is 355 g/mol. The molecule has 136 valence electrons. The lowest BCUT2D eigenvalue weighted by molar-refractivity contribution is 0.0533. The second-order valence-electron chi connectivity index (χ2n) is 6.51. The molecular weight excluding hydrogens is 333 g/mol. The first-order valence-electron chi connectivity index (χ1n) is 8.58. The number of carbonyl (C=O) groups is 2. The third-order valence-corrected chi connectivity index (χ3v) is 4.59. The van der Waals surface area contributed by atoms with Crippen LogP contribution in [0.15, 0.2) is 48.5 Å². The molecule has 0 bridgehead atoms. The molecule has 0 aromatic heterocycles. The lowest BCUT2D eigenvalue weighted by Crippen LogP contribution is -2.50. The Kier molecular flexibility index (Phi) is 5.21. The molecule has 0 unspecified atom stereocenters. The lowest BCUT2D eigenvalue weighted by atomic mass is 10.1. The van der Waals surface area contributed by atoms with Gasteiger partial charge in [0.25, 0.3) is 11.8 Å². The molecule has 1 aliphatic heterocycles. The van der Waals surface area contributed by atoms with Crippen molar-refractivity contribution in [3.63, 3.8) is 0 Å². The van der Waals surface area contributed by atoms with Gasteiger partial charge in [0.15, 0.2) is 0 Å². The normalized spacial score (nSPS) is 14.3. The van der Waals surface area contributed by atoms with Crippen LogP contribution in [0.4, 0.5) is 10.1 Å². The molecule has 1 fully saturated rings. The first-order valence-corrected chi connectivity index (χ1v) is 8.58. The van der Waals surface area contributed by atoms with Crippen molar-refractivity contribution in [2.24, 2.45) is 0 Å². The van der Waals surface area contributed by atoms with Crippen LogP contribution in [0, 0.1) is 5.82 Å². The fraction of sp³-hybridized carbons (Fsp3) is 0.300. The predicted molar refractivity (Wildman–Crippen MR) is 99.0 cm³/mol. The quantitative estimate of drug-likeness (QED) is 0.850. The van der Waals surface area contributed by atoms with E-state index >= 15 is 0 Å². The van der Waals surface area contributed by atoms with E-state index in [1.54, 1.807) is 21.9 Å². The second kappa shape index (κ2) is 7.56. The van der Waals surface area contributed by atoms with E-state index in [-0.39, 0.29) is 17.4 Å². The smallest absolute Gasteiger partial charge is 0.256 e. The van der Waals surface area contributed by atoms with Gasteiger partial charge in [-0.2, -0.15) is 0 Å². The minimum absolute atomic E-state index is 0.0479. The maximum Gasteiger partial charge on any atom is 0.256 e. The van der Waals surface area contributed by atoms with Crippen molar-refractivity contribution in [2.75, 3.05) is 45.2 Å². The van der Waals surface area contributed by atoms with Crippen molar-refractivity contribution in [1.29, 1.82) is 0 Å². The Balaban J connectivity index is 1.62. The van der Waals surface area contributed by atoms with Crippen LogP contribution in [0.5, 0.6) is 0 Å². The molecule has 0 aliphatic carbocycles. The number of anilines is 1. The molecule has 1 heterocycles. The summed E-state index contributed by atoms with van der Waals surface area (Å²) in [5.41, 5.74) is 1.73. The van der Waals surface area contributed by atoms with Gasteiger partial charge in [-0.15, -0.1) is 0 Å². The standard InChI is InChI=1S/C20H22FN3O2/c1-22(2)16-9-7-15(8-10-16)19(25)23-11-13-24(14-12-23)20(26)17-5-3-4-6-18(17)21/h3-10H,11-14H2,1-2H3. The summed E-state index contributed by atoms with van der Waals surface area (Å²) in [6.07, 6.45) is 0. The summed E-state index contributed by atoms with van der Waals surface area (Å²) in [5, 5.41) is 0. The summed E-state index contributed by atoms with van der Waals surface area (Å²) in [6, 6.07) is 13.4. The fourth-order valence-electron chi connectivity index (χ4n) is 3.00. The highest BCUT2D eigenvalue weighted by molar-refractivity contribution is 5.96. The van der Waals surface area contributed by atoms with Gasteiger partial charge in [-0.05, 0) is 36.4 Å². The SMILES string of the molecule is CN(C)c1ccc(C(=O)N2CCN(C(=O)c3ccccc3F)CC2)cc1. The molecule has 3 rings (SSSR count). The number of rotatable bonds is 3. The van der Waals surface area contributed by atoms with E-state index in [9.17, 15) is 14.0 Å². The van der Waals surface area contributed by atoms with Crippen LogP contribution in [-0.4, -0.2) is 61.9 Å². The topological polar surface area (TPSA) is 43.9 Å². The average molecular weight is 355 g/mol. The molecule has 0 spiro atoms. The summed E-state index contributed by atoms with van der Waals surface area (Å²) in [7, 11) is 3.89. The number of hydrogen-bond donors (Lipinski definition) is 0. The molecular formula is C20H22FN3O2. The Morgan fingerprint density at radius 3 is 1.92 bits per heavy atom. The molecule has 0 atom stereocenters. The average Bonchev–Trinajstić information content (AvgIpc) is 2.67. The summed E-state index contributed by atoms with van der Waals surface area (Å²) in [4.78, 5) is 30.4. The van der Waals surface area contributed by atoms with Crippen molar-refractivity contribution in [3.8, 4) is 0 Å². The Morgan fingerprint density at radius 1 is 0.846 bits per heavy atom. The molecule has 2 amide bonds. The maximum absolute atomic E-state index is 13.8. The number of hydrogen-bond acceptors (Lipinski definition) is 3. The van der Waals surface area contributed by atoms with Crippen LogP contribution in [0.1, 0.15) is 20.7 Å². The lowest BCUT2D eigenvalue weighted by Gasteiger charge is -2.35. The van der Waals surface area contributed by atoms with Gasteiger partial charge in [-0.3, -0.25) is 9.59 Å².